The summed E-state index contributed by atoms with van der Waals surface area (Å²) in [4.78, 5) is 10.9. The Balaban J connectivity index is 2.46. The van der Waals surface area contributed by atoms with Gasteiger partial charge in [-0.15, -0.1) is 0 Å². The molecule has 3 nitrogen and oxygen atoms in total. The fourth-order valence-corrected chi connectivity index (χ4v) is 1.85. The van der Waals surface area contributed by atoms with E-state index in [1.165, 1.54) is 11.4 Å². The third-order valence-electron chi connectivity index (χ3n) is 2.68. The smallest absolute Gasteiger partial charge is 0.248 e. The predicted octanol–water partition coefficient (Wildman–Crippen LogP) is 2.19. The molecule has 0 radical (unpaired) electrons. The van der Waals surface area contributed by atoms with Crippen LogP contribution in [0.5, 0.6) is 0 Å². The predicted molar refractivity (Wildman–Crippen MR) is 63.8 cm³/mol. The molecule has 0 aliphatic rings. The Kier molecular flexibility index (Phi) is 2.52. The van der Waals surface area contributed by atoms with Gasteiger partial charge in [0.05, 0.1) is 0 Å². The SMILES string of the molecule is Cc1ccc(C)n1-c1ccc(C(N)=O)cc1. The minimum atomic E-state index is -0.396. The van der Waals surface area contributed by atoms with E-state index >= 15 is 0 Å². The molecule has 2 aromatic rings. The first-order valence-corrected chi connectivity index (χ1v) is 5.15. The van der Waals surface area contributed by atoms with Crippen LogP contribution >= 0.6 is 0 Å². The number of nitrogens with two attached hydrogens (primary N) is 1. The van der Waals surface area contributed by atoms with E-state index in [1.54, 1.807) is 12.1 Å². The van der Waals surface area contributed by atoms with Gasteiger partial charge in [0.15, 0.2) is 0 Å². The first-order chi connectivity index (χ1) is 7.59. The highest BCUT2D eigenvalue weighted by Gasteiger charge is 2.04. The summed E-state index contributed by atoms with van der Waals surface area (Å²) in [7, 11) is 0. The van der Waals surface area contributed by atoms with Crippen LogP contribution < -0.4 is 5.73 Å². The molecule has 1 aromatic carbocycles. The number of carbonyl (C=O) groups excluding carboxylic acids is 1. The number of hydrogen-bond acceptors (Lipinski definition) is 1. The molecular weight excluding hydrogens is 200 g/mol. The van der Waals surface area contributed by atoms with Crippen molar-refractivity contribution in [2.45, 2.75) is 13.8 Å². The molecule has 0 spiro atoms. The first-order valence-electron chi connectivity index (χ1n) is 5.15. The normalized spacial score (nSPS) is 10.4. The van der Waals surface area contributed by atoms with Gasteiger partial charge in [-0.3, -0.25) is 4.79 Å². The Morgan fingerprint density at radius 1 is 1.00 bits per heavy atom. The fraction of sp³-hybridized carbons (Fsp3) is 0.154. The molecule has 1 heterocycles. The van der Waals surface area contributed by atoms with Gasteiger partial charge in [0.25, 0.3) is 0 Å². The van der Waals surface area contributed by atoms with E-state index in [-0.39, 0.29) is 0 Å². The van der Waals surface area contributed by atoms with Crippen LogP contribution in [-0.4, -0.2) is 10.5 Å². The molecule has 16 heavy (non-hydrogen) atoms. The fourth-order valence-electron chi connectivity index (χ4n) is 1.85. The van der Waals surface area contributed by atoms with Crippen LogP contribution in [0.1, 0.15) is 21.7 Å². The van der Waals surface area contributed by atoms with Crippen LogP contribution in [0.4, 0.5) is 0 Å². The Labute approximate surface area is 94.5 Å². The van der Waals surface area contributed by atoms with Crippen molar-refractivity contribution in [1.82, 2.24) is 4.57 Å². The van der Waals surface area contributed by atoms with Crippen LogP contribution in [0.2, 0.25) is 0 Å². The summed E-state index contributed by atoms with van der Waals surface area (Å²) in [5.74, 6) is -0.396. The quantitative estimate of drug-likeness (QED) is 0.818. The average Bonchev–Trinajstić information content (AvgIpc) is 2.59. The molecule has 0 aliphatic carbocycles. The van der Waals surface area contributed by atoms with E-state index in [2.05, 4.69) is 30.5 Å². The highest BCUT2D eigenvalue weighted by atomic mass is 16.1. The maximum Gasteiger partial charge on any atom is 0.248 e. The molecule has 0 aliphatic heterocycles. The molecule has 0 atom stereocenters. The van der Waals surface area contributed by atoms with Gasteiger partial charge in [0, 0.05) is 22.6 Å². The van der Waals surface area contributed by atoms with Gasteiger partial charge in [0.1, 0.15) is 0 Å². The molecule has 2 rings (SSSR count). The zero-order valence-electron chi connectivity index (χ0n) is 9.40. The average molecular weight is 214 g/mol. The summed E-state index contributed by atoms with van der Waals surface area (Å²) < 4.78 is 2.13. The third-order valence-corrected chi connectivity index (χ3v) is 2.68. The number of benzene rings is 1. The number of primary amides is 1. The van der Waals surface area contributed by atoms with Crippen molar-refractivity contribution in [1.29, 1.82) is 0 Å². The van der Waals surface area contributed by atoms with Crippen molar-refractivity contribution in [3.05, 3.63) is 53.3 Å². The van der Waals surface area contributed by atoms with Gasteiger partial charge in [-0.2, -0.15) is 0 Å². The number of rotatable bonds is 2. The van der Waals surface area contributed by atoms with E-state index in [0.29, 0.717) is 5.56 Å². The Morgan fingerprint density at radius 2 is 1.50 bits per heavy atom. The van der Waals surface area contributed by atoms with Crippen molar-refractivity contribution in [3.63, 3.8) is 0 Å². The van der Waals surface area contributed by atoms with Gasteiger partial charge >= 0.3 is 0 Å². The molecule has 0 unspecified atom stereocenters. The summed E-state index contributed by atoms with van der Waals surface area (Å²) in [6.07, 6.45) is 0. The van der Waals surface area contributed by atoms with E-state index in [0.717, 1.165) is 5.69 Å². The van der Waals surface area contributed by atoms with Crippen molar-refractivity contribution < 1.29 is 4.79 Å². The lowest BCUT2D eigenvalue weighted by molar-refractivity contribution is 0.100. The molecule has 0 saturated heterocycles. The molecule has 0 saturated carbocycles. The molecule has 2 N–H and O–H groups in total. The monoisotopic (exact) mass is 214 g/mol. The molecule has 0 fully saturated rings. The van der Waals surface area contributed by atoms with Gasteiger partial charge in [0.2, 0.25) is 5.91 Å². The topological polar surface area (TPSA) is 48.0 Å². The largest absolute Gasteiger partial charge is 0.366 e. The summed E-state index contributed by atoms with van der Waals surface area (Å²) in [5.41, 5.74) is 9.12. The van der Waals surface area contributed by atoms with Crippen LogP contribution in [0.15, 0.2) is 36.4 Å². The van der Waals surface area contributed by atoms with Crippen molar-refractivity contribution >= 4 is 5.91 Å². The van der Waals surface area contributed by atoms with Crippen molar-refractivity contribution in [2.75, 3.05) is 0 Å². The van der Waals surface area contributed by atoms with Crippen LogP contribution in [0.25, 0.3) is 5.69 Å². The number of amides is 1. The van der Waals surface area contributed by atoms with Crippen molar-refractivity contribution in [2.24, 2.45) is 5.73 Å². The lowest BCUT2D eigenvalue weighted by Crippen LogP contribution is -2.10. The van der Waals surface area contributed by atoms with Crippen LogP contribution in [0, 0.1) is 13.8 Å². The van der Waals surface area contributed by atoms with E-state index in [1.807, 2.05) is 12.1 Å². The Bertz CT molecular complexity index is 504. The van der Waals surface area contributed by atoms with E-state index < -0.39 is 5.91 Å². The highest BCUT2D eigenvalue weighted by Crippen LogP contribution is 2.16. The highest BCUT2D eigenvalue weighted by molar-refractivity contribution is 5.92. The maximum atomic E-state index is 10.9. The Morgan fingerprint density at radius 3 is 1.94 bits per heavy atom. The van der Waals surface area contributed by atoms with Gasteiger partial charge in [-0.05, 0) is 50.2 Å². The second-order valence-electron chi connectivity index (χ2n) is 3.86. The van der Waals surface area contributed by atoms with Crippen molar-refractivity contribution in [3.8, 4) is 5.69 Å². The minimum absolute atomic E-state index is 0.396. The van der Waals surface area contributed by atoms with Gasteiger partial charge in [-0.25, -0.2) is 0 Å². The number of hydrogen-bond donors (Lipinski definition) is 1. The van der Waals surface area contributed by atoms with E-state index in [9.17, 15) is 4.79 Å². The third kappa shape index (κ3) is 1.72. The second-order valence-corrected chi connectivity index (χ2v) is 3.86. The minimum Gasteiger partial charge on any atom is -0.366 e. The standard InChI is InChI=1S/C13H14N2O/c1-9-3-4-10(2)15(9)12-7-5-11(6-8-12)13(14)16/h3-8H,1-2H3,(H2,14,16). The zero-order chi connectivity index (χ0) is 11.7. The number of nitrogens with zero attached hydrogens (tertiary/aromatic N) is 1. The van der Waals surface area contributed by atoms with Crippen LogP contribution in [-0.2, 0) is 0 Å². The first kappa shape index (κ1) is 10.5. The summed E-state index contributed by atoms with van der Waals surface area (Å²) in [5, 5.41) is 0. The number of aromatic nitrogens is 1. The summed E-state index contributed by atoms with van der Waals surface area (Å²) >= 11 is 0. The molecule has 1 aromatic heterocycles. The number of aryl methyl sites for hydroxylation is 2. The molecule has 82 valence electrons. The van der Waals surface area contributed by atoms with E-state index in [4.69, 9.17) is 5.73 Å². The molecule has 0 bridgehead atoms. The van der Waals surface area contributed by atoms with Gasteiger partial charge in [-0.1, -0.05) is 0 Å². The Hall–Kier alpha value is -2.03. The molecule has 1 amide bonds. The maximum absolute atomic E-state index is 10.9. The van der Waals surface area contributed by atoms with Crippen LogP contribution in [0.3, 0.4) is 0 Å². The number of carbonyl (C=O) groups is 1. The second kappa shape index (κ2) is 3.85. The van der Waals surface area contributed by atoms with Gasteiger partial charge < -0.3 is 10.3 Å². The molecular formula is C13H14N2O. The summed E-state index contributed by atoms with van der Waals surface area (Å²) in [6, 6.07) is 11.4. The lowest BCUT2D eigenvalue weighted by atomic mass is 10.2. The summed E-state index contributed by atoms with van der Waals surface area (Å²) in [6.45, 7) is 4.10. The zero-order valence-corrected chi connectivity index (χ0v) is 9.40. The lowest BCUT2D eigenvalue weighted by Gasteiger charge is -2.09. The molecule has 3 heteroatoms.